The average Bonchev–Trinajstić information content (AvgIpc) is 2.83. The molecule has 18 heavy (non-hydrogen) atoms. The molecular formula is C16H22O2. The van der Waals surface area contributed by atoms with Crippen molar-refractivity contribution in [2.75, 3.05) is 0 Å². The van der Waals surface area contributed by atoms with Crippen LogP contribution in [0.4, 0.5) is 0 Å². The molecule has 1 unspecified atom stereocenters. The maximum Gasteiger partial charge on any atom is 0.303 e. The Labute approximate surface area is 109 Å². The molecule has 2 rings (SSSR count). The van der Waals surface area contributed by atoms with E-state index in [1.165, 1.54) is 42.4 Å². The Morgan fingerprint density at radius 2 is 1.94 bits per heavy atom. The summed E-state index contributed by atoms with van der Waals surface area (Å²) in [4.78, 5) is 11.1. The Morgan fingerprint density at radius 3 is 2.50 bits per heavy atom. The molecule has 0 heterocycles. The zero-order valence-electron chi connectivity index (χ0n) is 11.3. The molecule has 1 N–H and O–H groups in total. The van der Waals surface area contributed by atoms with Gasteiger partial charge in [-0.25, -0.2) is 0 Å². The predicted molar refractivity (Wildman–Crippen MR) is 72.9 cm³/mol. The largest absolute Gasteiger partial charge is 0.481 e. The van der Waals surface area contributed by atoms with Crippen molar-refractivity contribution in [1.29, 1.82) is 0 Å². The van der Waals surface area contributed by atoms with E-state index >= 15 is 0 Å². The van der Waals surface area contributed by atoms with Crippen LogP contribution in [0.25, 0.3) is 0 Å². The second-order valence-electron chi connectivity index (χ2n) is 5.59. The number of aliphatic carboxylic acids is 1. The van der Waals surface area contributed by atoms with Gasteiger partial charge in [0, 0.05) is 0 Å². The van der Waals surface area contributed by atoms with Crippen LogP contribution in [-0.2, 0) is 4.79 Å². The van der Waals surface area contributed by atoms with Crippen molar-refractivity contribution in [3.8, 4) is 0 Å². The Morgan fingerprint density at radius 1 is 1.28 bits per heavy atom. The molecule has 0 amide bonds. The Balaban J connectivity index is 2.26. The molecule has 1 aliphatic rings. The number of rotatable bonds is 4. The molecule has 1 atom stereocenters. The number of benzene rings is 1. The van der Waals surface area contributed by atoms with Gasteiger partial charge in [-0.05, 0) is 55.2 Å². The first-order valence-corrected chi connectivity index (χ1v) is 6.87. The van der Waals surface area contributed by atoms with Gasteiger partial charge in [0.15, 0.2) is 0 Å². The van der Waals surface area contributed by atoms with E-state index < -0.39 is 5.97 Å². The summed E-state index contributed by atoms with van der Waals surface area (Å²) in [5.41, 5.74) is 3.76. The summed E-state index contributed by atoms with van der Waals surface area (Å²) in [5.74, 6) is 0.0811. The molecule has 98 valence electrons. The van der Waals surface area contributed by atoms with Gasteiger partial charge in [0.2, 0.25) is 0 Å². The number of hydrogen-bond donors (Lipinski definition) is 1. The third-order valence-electron chi connectivity index (χ3n) is 4.32. The van der Waals surface area contributed by atoms with Crippen molar-refractivity contribution in [2.45, 2.75) is 51.9 Å². The Bertz CT molecular complexity index is 431. The van der Waals surface area contributed by atoms with Crippen LogP contribution in [0.1, 0.15) is 54.7 Å². The van der Waals surface area contributed by atoms with Gasteiger partial charge in [-0.2, -0.15) is 0 Å². The minimum Gasteiger partial charge on any atom is -0.481 e. The van der Waals surface area contributed by atoms with Crippen molar-refractivity contribution in [3.05, 3.63) is 34.9 Å². The molecule has 1 aromatic carbocycles. The molecule has 0 saturated heterocycles. The van der Waals surface area contributed by atoms with E-state index in [-0.39, 0.29) is 12.3 Å². The lowest BCUT2D eigenvalue weighted by atomic mass is 9.81. The lowest BCUT2D eigenvalue weighted by Crippen LogP contribution is -2.14. The van der Waals surface area contributed by atoms with E-state index in [2.05, 4.69) is 32.0 Å². The SMILES string of the molecule is Cc1ccc(C(CC(=O)O)C2CCCC2)cc1C. The normalized spacial score (nSPS) is 17.9. The van der Waals surface area contributed by atoms with E-state index in [9.17, 15) is 4.79 Å². The maximum absolute atomic E-state index is 11.1. The molecule has 1 aliphatic carbocycles. The molecule has 1 fully saturated rings. The van der Waals surface area contributed by atoms with Gasteiger partial charge in [-0.1, -0.05) is 31.0 Å². The molecule has 0 radical (unpaired) electrons. The third kappa shape index (κ3) is 2.92. The quantitative estimate of drug-likeness (QED) is 0.870. The van der Waals surface area contributed by atoms with Crippen LogP contribution in [0.3, 0.4) is 0 Å². The van der Waals surface area contributed by atoms with Crippen molar-refractivity contribution in [2.24, 2.45) is 5.92 Å². The highest BCUT2D eigenvalue weighted by atomic mass is 16.4. The van der Waals surface area contributed by atoms with E-state index in [1.54, 1.807) is 0 Å². The monoisotopic (exact) mass is 246 g/mol. The zero-order chi connectivity index (χ0) is 13.1. The highest BCUT2D eigenvalue weighted by Crippen LogP contribution is 2.39. The Kier molecular flexibility index (Phi) is 4.05. The highest BCUT2D eigenvalue weighted by Gasteiger charge is 2.28. The van der Waals surface area contributed by atoms with E-state index in [1.807, 2.05) is 0 Å². The van der Waals surface area contributed by atoms with Gasteiger partial charge in [0.1, 0.15) is 0 Å². The smallest absolute Gasteiger partial charge is 0.303 e. The van der Waals surface area contributed by atoms with Gasteiger partial charge in [-0.3, -0.25) is 4.79 Å². The summed E-state index contributed by atoms with van der Waals surface area (Å²) in [6.45, 7) is 4.20. The van der Waals surface area contributed by atoms with E-state index in [4.69, 9.17) is 5.11 Å². The van der Waals surface area contributed by atoms with Crippen LogP contribution in [0.15, 0.2) is 18.2 Å². The van der Waals surface area contributed by atoms with Crippen LogP contribution in [0, 0.1) is 19.8 Å². The van der Waals surface area contributed by atoms with Crippen molar-refractivity contribution >= 4 is 5.97 Å². The van der Waals surface area contributed by atoms with Crippen molar-refractivity contribution < 1.29 is 9.90 Å². The van der Waals surface area contributed by atoms with Crippen molar-refractivity contribution in [1.82, 2.24) is 0 Å². The second kappa shape index (κ2) is 5.55. The minimum atomic E-state index is -0.676. The molecule has 0 spiro atoms. The molecule has 2 nitrogen and oxygen atoms in total. The van der Waals surface area contributed by atoms with Gasteiger partial charge >= 0.3 is 5.97 Å². The fraction of sp³-hybridized carbons (Fsp3) is 0.562. The second-order valence-corrected chi connectivity index (χ2v) is 5.59. The van der Waals surface area contributed by atoms with Gasteiger partial charge < -0.3 is 5.11 Å². The fourth-order valence-electron chi connectivity index (χ4n) is 3.10. The molecule has 0 bridgehead atoms. The van der Waals surface area contributed by atoms with Crippen LogP contribution < -0.4 is 0 Å². The fourth-order valence-corrected chi connectivity index (χ4v) is 3.10. The molecule has 1 saturated carbocycles. The summed E-state index contributed by atoms with van der Waals surface area (Å²) >= 11 is 0. The highest BCUT2D eigenvalue weighted by molar-refractivity contribution is 5.68. The maximum atomic E-state index is 11.1. The molecular weight excluding hydrogens is 224 g/mol. The first kappa shape index (κ1) is 13.1. The third-order valence-corrected chi connectivity index (χ3v) is 4.32. The number of carboxylic acids is 1. The summed E-state index contributed by atoms with van der Waals surface area (Å²) in [6, 6.07) is 6.42. The first-order chi connectivity index (χ1) is 8.58. The summed E-state index contributed by atoms with van der Waals surface area (Å²) in [6.07, 6.45) is 5.15. The molecule has 0 aliphatic heterocycles. The summed E-state index contributed by atoms with van der Waals surface area (Å²) < 4.78 is 0. The standard InChI is InChI=1S/C16H22O2/c1-11-7-8-14(9-12(11)2)15(10-16(17)18)13-5-3-4-6-13/h7-9,13,15H,3-6,10H2,1-2H3,(H,17,18). The van der Waals surface area contributed by atoms with Crippen LogP contribution in [0.5, 0.6) is 0 Å². The van der Waals surface area contributed by atoms with Gasteiger partial charge in [0.05, 0.1) is 6.42 Å². The van der Waals surface area contributed by atoms with Crippen LogP contribution >= 0.6 is 0 Å². The molecule has 0 aromatic heterocycles. The first-order valence-electron chi connectivity index (χ1n) is 6.87. The lowest BCUT2D eigenvalue weighted by molar-refractivity contribution is -0.137. The van der Waals surface area contributed by atoms with Crippen LogP contribution in [-0.4, -0.2) is 11.1 Å². The topological polar surface area (TPSA) is 37.3 Å². The van der Waals surface area contributed by atoms with Gasteiger partial charge in [0.25, 0.3) is 0 Å². The summed E-state index contributed by atoms with van der Waals surface area (Å²) in [7, 11) is 0. The minimum absolute atomic E-state index is 0.198. The van der Waals surface area contributed by atoms with Crippen LogP contribution in [0.2, 0.25) is 0 Å². The lowest BCUT2D eigenvalue weighted by Gasteiger charge is -2.23. The Hall–Kier alpha value is -1.31. The average molecular weight is 246 g/mol. The predicted octanol–water partition coefficient (Wildman–Crippen LogP) is 4.05. The van der Waals surface area contributed by atoms with Crippen molar-refractivity contribution in [3.63, 3.8) is 0 Å². The zero-order valence-corrected chi connectivity index (χ0v) is 11.3. The van der Waals surface area contributed by atoms with E-state index in [0.29, 0.717) is 5.92 Å². The number of carbonyl (C=O) groups is 1. The molecule has 1 aromatic rings. The van der Waals surface area contributed by atoms with E-state index in [0.717, 1.165) is 0 Å². The number of aryl methyl sites for hydroxylation is 2. The van der Waals surface area contributed by atoms with Gasteiger partial charge in [-0.15, -0.1) is 0 Å². The molecule has 2 heteroatoms. The number of hydrogen-bond acceptors (Lipinski definition) is 1. The summed E-state index contributed by atoms with van der Waals surface area (Å²) in [5, 5.41) is 9.13. The number of carboxylic acid groups (broad SMARTS) is 1.